The van der Waals surface area contributed by atoms with Crippen molar-refractivity contribution in [3.05, 3.63) is 57.3 Å². The van der Waals surface area contributed by atoms with Crippen LogP contribution in [0.2, 0.25) is 5.15 Å². The number of nitrogens with zero attached hydrogens (tertiary/aromatic N) is 1. The van der Waals surface area contributed by atoms with Gasteiger partial charge in [-0.1, -0.05) is 33.6 Å². The van der Waals surface area contributed by atoms with Crippen LogP contribution in [-0.4, -0.2) is 10.9 Å². The molecule has 5 heteroatoms. The number of anilines is 1. The lowest BCUT2D eigenvalue weighted by Gasteiger charge is -2.09. The number of benzene rings is 1. The molecule has 1 amide bonds. The molecule has 0 saturated carbocycles. The molecule has 0 spiro atoms. The quantitative estimate of drug-likeness (QED) is 0.846. The molecule has 0 saturated heterocycles. The molecule has 92 valence electrons. The van der Waals surface area contributed by atoms with Gasteiger partial charge in [0, 0.05) is 21.9 Å². The van der Waals surface area contributed by atoms with Gasteiger partial charge < -0.3 is 5.32 Å². The van der Waals surface area contributed by atoms with E-state index in [9.17, 15) is 4.79 Å². The van der Waals surface area contributed by atoms with Crippen LogP contribution in [0.4, 0.5) is 5.69 Å². The molecule has 0 aliphatic heterocycles. The van der Waals surface area contributed by atoms with Crippen LogP contribution < -0.4 is 5.32 Å². The number of rotatable bonds is 2. The van der Waals surface area contributed by atoms with E-state index in [4.69, 9.17) is 11.6 Å². The van der Waals surface area contributed by atoms with Crippen LogP contribution >= 0.6 is 27.5 Å². The summed E-state index contributed by atoms with van der Waals surface area (Å²) in [5, 5.41) is 3.14. The van der Waals surface area contributed by atoms with E-state index in [2.05, 4.69) is 26.2 Å². The Bertz CT molecular complexity index is 601. The molecule has 18 heavy (non-hydrogen) atoms. The average molecular weight is 326 g/mol. The van der Waals surface area contributed by atoms with Crippen LogP contribution in [0.3, 0.4) is 0 Å². The van der Waals surface area contributed by atoms with Crippen molar-refractivity contribution in [1.29, 1.82) is 0 Å². The highest BCUT2D eigenvalue weighted by atomic mass is 79.9. The Morgan fingerprint density at radius 1 is 1.39 bits per heavy atom. The fourth-order valence-corrected chi connectivity index (χ4v) is 2.02. The van der Waals surface area contributed by atoms with Gasteiger partial charge in [-0.25, -0.2) is 4.98 Å². The number of pyridine rings is 1. The lowest BCUT2D eigenvalue weighted by atomic mass is 10.2. The van der Waals surface area contributed by atoms with Crippen LogP contribution in [0.5, 0.6) is 0 Å². The zero-order valence-electron chi connectivity index (χ0n) is 9.58. The van der Waals surface area contributed by atoms with E-state index in [1.54, 1.807) is 6.07 Å². The SMILES string of the molecule is Cc1c(Br)cccc1NC(=O)c1ccnc(Cl)c1. The maximum absolute atomic E-state index is 12.0. The first-order valence-corrected chi connectivity index (χ1v) is 6.43. The average Bonchev–Trinajstić information content (AvgIpc) is 2.35. The van der Waals surface area contributed by atoms with Crippen molar-refractivity contribution in [2.24, 2.45) is 0 Å². The van der Waals surface area contributed by atoms with Gasteiger partial charge in [-0.2, -0.15) is 0 Å². The van der Waals surface area contributed by atoms with Gasteiger partial charge in [-0.15, -0.1) is 0 Å². The lowest BCUT2D eigenvalue weighted by molar-refractivity contribution is 0.102. The van der Waals surface area contributed by atoms with Crippen molar-refractivity contribution in [3.8, 4) is 0 Å². The van der Waals surface area contributed by atoms with Crippen molar-refractivity contribution < 1.29 is 4.79 Å². The summed E-state index contributed by atoms with van der Waals surface area (Å²) in [4.78, 5) is 15.9. The number of hydrogen-bond donors (Lipinski definition) is 1. The zero-order valence-corrected chi connectivity index (χ0v) is 11.9. The Labute approximate surface area is 118 Å². The normalized spacial score (nSPS) is 10.2. The van der Waals surface area contributed by atoms with Crippen molar-refractivity contribution in [1.82, 2.24) is 4.98 Å². The summed E-state index contributed by atoms with van der Waals surface area (Å²) in [5.74, 6) is -0.208. The van der Waals surface area contributed by atoms with Crippen LogP contribution in [0.1, 0.15) is 15.9 Å². The van der Waals surface area contributed by atoms with Crippen molar-refractivity contribution in [3.63, 3.8) is 0 Å². The minimum absolute atomic E-state index is 0.208. The van der Waals surface area contributed by atoms with E-state index < -0.39 is 0 Å². The standard InChI is InChI=1S/C13H10BrClN2O/c1-8-10(14)3-2-4-11(8)17-13(18)9-5-6-16-12(15)7-9/h2-7H,1H3,(H,17,18). The molecule has 1 aromatic carbocycles. The number of aromatic nitrogens is 1. The summed E-state index contributed by atoms with van der Waals surface area (Å²) in [7, 11) is 0. The van der Waals surface area contributed by atoms with Crippen LogP contribution in [0, 0.1) is 6.92 Å². The topological polar surface area (TPSA) is 42.0 Å². The molecule has 0 aliphatic rings. The van der Waals surface area contributed by atoms with Gasteiger partial charge in [0.15, 0.2) is 0 Å². The summed E-state index contributed by atoms with van der Waals surface area (Å²) in [6, 6.07) is 8.79. The van der Waals surface area contributed by atoms with E-state index in [1.807, 2.05) is 25.1 Å². The first-order valence-electron chi connectivity index (χ1n) is 5.26. The fourth-order valence-electron chi connectivity index (χ4n) is 1.48. The van der Waals surface area contributed by atoms with Gasteiger partial charge in [0.2, 0.25) is 0 Å². The van der Waals surface area contributed by atoms with E-state index >= 15 is 0 Å². The molecule has 3 nitrogen and oxygen atoms in total. The summed E-state index contributed by atoms with van der Waals surface area (Å²) < 4.78 is 0.952. The molecule has 0 unspecified atom stereocenters. The van der Waals surface area contributed by atoms with Gasteiger partial charge in [0.1, 0.15) is 5.15 Å². The zero-order chi connectivity index (χ0) is 13.1. The summed E-state index contributed by atoms with van der Waals surface area (Å²) in [5.41, 5.74) is 2.22. The second kappa shape index (κ2) is 5.50. The summed E-state index contributed by atoms with van der Waals surface area (Å²) in [6.07, 6.45) is 1.50. The first-order chi connectivity index (χ1) is 8.58. The van der Waals surface area contributed by atoms with Crippen molar-refractivity contribution in [2.75, 3.05) is 5.32 Å². The number of nitrogens with one attached hydrogen (secondary N) is 1. The van der Waals surface area contributed by atoms with Gasteiger partial charge in [-0.05, 0) is 36.8 Å². The van der Waals surface area contributed by atoms with Crippen LogP contribution in [0.15, 0.2) is 41.0 Å². The lowest BCUT2D eigenvalue weighted by Crippen LogP contribution is -2.12. The minimum Gasteiger partial charge on any atom is -0.322 e. The monoisotopic (exact) mass is 324 g/mol. The molecule has 1 heterocycles. The molecule has 1 aromatic heterocycles. The highest BCUT2D eigenvalue weighted by Gasteiger charge is 2.09. The molecule has 0 atom stereocenters. The predicted molar refractivity (Wildman–Crippen MR) is 76.1 cm³/mol. The molecule has 1 N–H and O–H groups in total. The Hall–Kier alpha value is -1.39. The third-order valence-corrected chi connectivity index (χ3v) is 3.57. The van der Waals surface area contributed by atoms with Gasteiger partial charge in [-0.3, -0.25) is 4.79 Å². The third kappa shape index (κ3) is 2.89. The Kier molecular flexibility index (Phi) is 3.99. The number of carbonyl (C=O) groups is 1. The van der Waals surface area contributed by atoms with Gasteiger partial charge >= 0.3 is 0 Å². The molecular formula is C13H10BrClN2O. The Morgan fingerprint density at radius 2 is 2.17 bits per heavy atom. The summed E-state index contributed by atoms with van der Waals surface area (Å²) >= 11 is 9.17. The van der Waals surface area contributed by atoms with Crippen LogP contribution in [-0.2, 0) is 0 Å². The number of carbonyl (C=O) groups excluding carboxylic acids is 1. The number of amides is 1. The van der Waals surface area contributed by atoms with Crippen molar-refractivity contribution in [2.45, 2.75) is 6.92 Å². The smallest absolute Gasteiger partial charge is 0.255 e. The maximum atomic E-state index is 12.0. The largest absolute Gasteiger partial charge is 0.322 e. The molecule has 0 aliphatic carbocycles. The van der Waals surface area contributed by atoms with Crippen LogP contribution in [0.25, 0.3) is 0 Å². The molecule has 0 fully saturated rings. The van der Waals surface area contributed by atoms with Gasteiger partial charge in [0.05, 0.1) is 0 Å². The second-order valence-electron chi connectivity index (χ2n) is 3.73. The Morgan fingerprint density at radius 3 is 2.89 bits per heavy atom. The van der Waals surface area contributed by atoms with E-state index in [1.165, 1.54) is 12.3 Å². The molecule has 0 radical (unpaired) electrons. The number of halogens is 2. The second-order valence-corrected chi connectivity index (χ2v) is 4.98. The van der Waals surface area contributed by atoms with Gasteiger partial charge in [0.25, 0.3) is 5.91 Å². The molecule has 2 aromatic rings. The van der Waals surface area contributed by atoms with E-state index in [0.29, 0.717) is 10.7 Å². The van der Waals surface area contributed by atoms with Crippen molar-refractivity contribution >= 4 is 39.1 Å². The molecule has 2 rings (SSSR count). The highest BCUT2D eigenvalue weighted by molar-refractivity contribution is 9.10. The fraction of sp³-hybridized carbons (Fsp3) is 0.0769. The predicted octanol–water partition coefficient (Wildman–Crippen LogP) is 4.06. The number of hydrogen-bond acceptors (Lipinski definition) is 2. The summed E-state index contributed by atoms with van der Waals surface area (Å²) in [6.45, 7) is 1.93. The highest BCUT2D eigenvalue weighted by Crippen LogP contribution is 2.24. The third-order valence-electron chi connectivity index (χ3n) is 2.50. The first kappa shape index (κ1) is 13.1. The Balaban J connectivity index is 2.24. The molecular weight excluding hydrogens is 316 g/mol. The molecule has 0 bridgehead atoms. The van der Waals surface area contributed by atoms with E-state index in [-0.39, 0.29) is 5.91 Å². The minimum atomic E-state index is -0.208. The van der Waals surface area contributed by atoms with E-state index in [0.717, 1.165) is 15.7 Å². The maximum Gasteiger partial charge on any atom is 0.255 e.